The minimum absolute atomic E-state index is 0.676. The van der Waals surface area contributed by atoms with Gasteiger partial charge in [-0.15, -0.1) is 0 Å². The SMILES string of the molecule is CCC(NCc1ccc(Cl)cc1C)C1CCCCC1. The molecule has 1 N–H and O–H groups in total. The molecule has 0 amide bonds. The van der Waals surface area contributed by atoms with E-state index in [0.29, 0.717) is 6.04 Å². The summed E-state index contributed by atoms with van der Waals surface area (Å²) in [5.41, 5.74) is 2.66. The van der Waals surface area contributed by atoms with E-state index in [1.54, 1.807) is 0 Å². The number of halogens is 1. The number of aryl methyl sites for hydroxylation is 1. The Bertz CT molecular complexity index is 396. The maximum atomic E-state index is 6.01. The molecule has 2 heteroatoms. The molecule has 0 heterocycles. The van der Waals surface area contributed by atoms with Gasteiger partial charge in [0.25, 0.3) is 0 Å². The van der Waals surface area contributed by atoms with E-state index in [1.165, 1.54) is 49.7 Å². The molecule has 19 heavy (non-hydrogen) atoms. The molecule has 106 valence electrons. The van der Waals surface area contributed by atoms with Gasteiger partial charge in [0.15, 0.2) is 0 Å². The van der Waals surface area contributed by atoms with Gasteiger partial charge in [-0.25, -0.2) is 0 Å². The summed E-state index contributed by atoms with van der Waals surface area (Å²) < 4.78 is 0. The molecule has 1 aliphatic carbocycles. The average molecular weight is 280 g/mol. The highest BCUT2D eigenvalue weighted by Gasteiger charge is 2.21. The number of rotatable bonds is 5. The Hall–Kier alpha value is -0.530. The summed E-state index contributed by atoms with van der Waals surface area (Å²) in [5.74, 6) is 0.881. The molecule has 1 aliphatic rings. The molecule has 2 rings (SSSR count). The summed E-state index contributed by atoms with van der Waals surface area (Å²) in [6, 6.07) is 6.88. The Morgan fingerprint density at radius 3 is 2.63 bits per heavy atom. The molecular weight excluding hydrogens is 254 g/mol. The fraction of sp³-hybridized carbons (Fsp3) is 0.647. The topological polar surface area (TPSA) is 12.0 Å². The summed E-state index contributed by atoms with van der Waals surface area (Å²) in [7, 11) is 0. The predicted octanol–water partition coefficient (Wildman–Crippen LogP) is 5.10. The van der Waals surface area contributed by atoms with Crippen LogP contribution in [-0.2, 0) is 6.54 Å². The molecule has 0 aromatic heterocycles. The summed E-state index contributed by atoms with van der Waals surface area (Å²) in [4.78, 5) is 0. The first kappa shape index (κ1) is 14.9. The molecule has 0 radical (unpaired) electrons. The second kappa shape index (κ2) is 7.31. The Kier molecular flexibility index (Phi) is 5.72. The van der Waals surface area contributed by atoms with E-state index >= 15 is 0 Å². The Morgan fingerprint density at radius 2 is 2.00 bits per heavy atom. The predicted molar refractivity (Wildman–Crippen MR) is 83.7 cm³/mol. The Morgan fingerprint density at radius 1 is 1.26 bits per heavy atom. The van der Waals surface area contributed by atoms with Gasteiger partial charge in [0.1, 0.15) is 0 Å². The third-order valence-electron chi connectivity index (χ3n) is 4.52. The molecule has 1 unspecified atom stereocenters. The highest BCUT2D eigenvalue weighted by Crippen LogP contribution is 2.28. The van der Waals surface area contributed by atoms with Crippen LogP contribution in [0.3, 0.4) is 0 Å². The third kappa shape index (κ3) is 4.22. The lowest BCUT2D eigenvalue weighted by atomic mass is 9.83. The second-order valence-electron chi connectivity index (χ2n) is 5.86. The highest BCUT2D eigenvalue weighted by atomic mass is 35.5. The summed E-state index contributed by atoms with van der Waals surface area (Å²) >= 11 is 6.01. The molecule has 0 saturated heterocycles. The first-order chi connectivity index (χ1) is 9.20. The second-order valence-corrected chi connectivity index (χ2v) is 6.30. The number of nitrogens with one attached hydrogen (secondary N) is 1. The largest absolute Gasteiger partial charge is 0.310 e. The molecular formula is C17H26ClN. The van der Waals surface area contributed by atoms with Gasteiger partial charge in [-0.05, 0) is 55.4 Å². The van der Waals surface area contributed by atoms with Crippen LogP contribution < -0.4 is 5.32 Å². The van der Waals surface area contributed by atoms with Crippen LogP contribution in [0.15, 0.2) is 18.2 Å². The molecule has 1 nitrogen and oxygen atoms in total. The lowest BCUT2D eigenvalue weighted by Gasteiger charge is -2.30. The standard InChI is InChI=1S/C17H26ClN/c1-3-17(14-7-5-4-6-8-14)19-12-15-9-10-16(18)11-13(15)2/h9-11,14,17,19H,3-8,12H2,1-2H3. The van der Waals surface area contributed by atoms with Crippen LogP contribution in [0.4, 0.5) is 0 Å². The zero-order valence-electron chi connectivity index (χ0n) is 12.2. The first-order valence-corrected chi connectivity index (χ1v) is 8.07. The van der Waals surface area contributed by atoms with E-state index < -0.39 is 0 Å². The van der Waals surface area contributed by atoms with Gasteiger partial charge >= 0.3 is 0 Å². The van der Waals surface area contributed by atoms with Crippen LogP contribution in [0.5, 0.6) is 0 Å². The van der Waals surface area contributed by atoms with Crippen molar-refractivity contribution in [2.75, 3.05) is 0 Å². The van der Waals surface area contributed by atoms with E-state index in [9.17, 15) is 0 Å². The van der Waals surface area contributed by atoms with Crippen LogP contribution in [0, 0.1) is 12.8 Å². The van der Waals surface area contributed by atoms with Crippen molar-refractivity contribution in [1.82, 2.24) is 5.32 Å². The summed E-state index contributed by atoms with van der Waals surface area (Å²) in [6.45, 7) is 5.42. The Balaban J connectivity index is 1.91. The quantitative estimate of drug-likeness (QED) is 0.791. The van der Waals surface area contributed by atoms with Crippen molar-refractivity contribution in [3.8, 4) is 0 Å². The zero-order valence-corrected chi connectivity index (χ0v) is 13.0. The summed E-state index contributed by atoms with van der Waals surface area (Å²) in [5, 5.41) is 4.61. The molecule has 0 spiro atoms. The fourth-order valence-corrected chi connectivity index (χ4v) is 3.51. The lowest BCUT2D eigenvalue weighted by Crippen LogP contribution is -2.36. The van der Waals surface area contributed by atoms with Crippen molar-refractivity contribution in [1.29, 1.82) is 0 Å². The van der Waals surface area contributed by atoms with E-state index in [1.807, 2.05) is 6.07 Å². The first-order valence-electron chi connectivity index (χ1n) is 7.69. The van der Waals surface area contributed by atoms with Gasteiger partial charge in [-0.2, -0.15) is 0 Å². The van der Waals surface area contributed by atoms with E-state index in [-0.39, 0.29) is 0 Å². The van der Waals surface area contributed by atoms with Gasteiger partial charge in [-0.3, -0.25) is 0 Å². The van der Waals surface area contributed by atoms with E-state index in [0.717, 1.165) is 17.5 Å². The van der Waals surface area contributed by atoms with Gasteiger partial charge < -0.3 is 5.32 Å². The highest BCUT2D eigenvalue weighted by molar-refractivity contribution is 6.30. The van der Waals surface area contributed by atoms with Gasteiger partial charge in [-0.1, -0.05) is 43.9 Å². The minimum atomic E-state index is 0.676. The van der Waals surface area contributed by atoms with E-state index in [2.05, 4.69) is 31.3 Å². The van der Waals surface area contributed by atoms with Crippen LogP contribution in [0.25, 0.3) is 0 Å². The van der Waals surface area contributed by atoms with Gasteiger partial charge in [0.2, 0.25) is 0 Å². The summed E-state index contributed by atoms with van der Waals surface area (Å²) in [6.07, 6.45) is 8.32. The number of hydrogen-bond acceptors (Lipinski definition) is 1. The van der Waals surface area contributed by atoms with Crippen LogP contribution in [0.1, 0.15) is 56.6 Å². The maximum absolute atomic E-state index is 6.01. The maximum Gasteiger partial charge on any atom is 0.0408 e. The van der Waals surface area contributed by atoms with Crippen LogP contribution in [-0.4, -0.2) is 6.04 Å². The molecule has 1 fully saturated rings. The normalized spacial score (nSPS) is 18.5. The minimum Gasteiger partial charge on any atom is -0.310 e. The average Bonchev–Trinajstić information content (AvgIpc) is 2.43. The van der Waals surface area contributed by atoms with Crippen molar-refractivity contribution < 1.29 is 0 Å². The molecule has 1 aromatic carbocycles. The van der Waals surface area contributed by atoms with Crippen molar-refractivity contribution in [2.24, 2.45) is 5.92 Å². The molecule has 1 saturated carbocycles. The fourth-order valence-electron chi connectivity index (χ4n) is 3.28. The van der Waals surface area contributed by atoms with Crippen molar-refractivity contribution in [3.63, 3.8) is 0 Å². The smallest absolute Gasteiger partial charge is 0.0408 e. The van der Waals surface area contributed by atoms with Crippen LogP contribution in [0.2, 0.25) is 5.02 Å². The third-order valence-corrected chi connectivity index (χ3v) is 4.75. The van der Waals surface area contributed by atoms with Crippen molar-refractivity contribution in [3.05, 3.63) is 34.3 Å². The molecule has 0 aliphatic heterocycles. The molecule has 1 atom stereocenters. The van der Waals surface area contributed by atoms with Crippen LogP contribution >= 0.6 is 11.6 Å². The van der Waals surface area contributed by atoms with Crippen molar-refractivity contribution >= 4 is 11.6 Å². The Labute approximate surface area is 122 Å². The monoisotopic (exact) mass is 279 g/mol. The number of hydrogen-bond donors (Lipinski definition) is 1. The van der Waals surface area contributed by atoms with E-state index in [4.69, 9.17) is 11.6 Å². The van der Waals surface area contributed by atoms with Gasteiger partial charge in [0, 0.05) is 17.6 Å². The van der Waals surface area contributed by atoms with Crippen molar-refractivity contribution in [2.45, 2.75) is 65.0 Å². The molecule has 1 aromatic rings. The zero-order chi connectivity index (χ0) is 13.7. The number of benzene rings is 1. The van der Waals surface area contributed by atoms with Gasteiger partial charge in [0.05, 0.1) is 0 Å². The lowest BCUT2D eigenvalue weighted by molar-refractivity contribution is 0.261. The molecule has 0 bridgehead atoms.